The Morgan fingerprint density at radius 2 is 1.00 bits per heavy atom. The SMILES string of the molecule is Cc1c(CC(C)C)c(C(C)(C)C)c(O)c(C(C)(C)C)c1CC(C)C.[AlH3]. The predicted octanol–water partition coefficient (Wildman–Crippen LogP) is 5.51. The molecule has 1 rings (SSSR count). The van der Waals surface area contributed by atoms with Crippen molar-refractivity contribution in [3.8, 4) is 5.75 Å². The number of hydrogen-bond acceptors (Lipinski definition) is 1. The van der Waals surface area contributed by atoms with E-state index in [0.717, 1.165) is 24.0 Å². The Hall–Kier alpha value is -0.448. The first-order valence-electron chi connectivity index (χ1n) is 9.56. The van der Waals surface area contributed by atoms with Crippen LogP contribution >= 0.6 is 0 Å². The molecule has 1 aromatic carbocycles. The lowest BCUT2D eigenvalue weighted by Gasteiger charge is -2.34. The molecule has 0 aliphatic carbocycles. The molecule has 1 N–H and O–H groups in total. The molecular formula is C23H43AlO. The Bertz CT molecular complexity index is 535. The molecule has 0 spiro atoms. The molecule has 0 fully saturated rings. The smallest absolute Gasteiger partial charge is 0.187 e. The highest BCUT2D eigenvalue weighted by Gasteiger charge is 2.33. The second-order valence-corrected chi connectivity index (χ2v) is 10.4. The second-order valence-electron chi connectivity index (χ2n) is 10.4. The molecule has 0 radical (unpaired) electrons. The first kappa shape index (κ1) is 24.6. The van der Waals surface area contributed by atoms with Crippen LogP contribution in [0.2, 0.25) is 0 Å². The van der Waals surface area contributed by atoms with Gasteiger partial charge in [-0.15, -0.1) is 0 Å². The third-order valence-corrected chi connectivity index (χ3v) is 4.71. The molecule has 0 bridgehead atoms. The standard InChI is InChI=1S/C23H40O.Al.3H/c1-14(2)12-17-16(5)18(13-15(3)4)20(23(9,10)11)21(24)19(17)22(6,7)8;;;;/h14-15,24H,12-13H2,1-11H3;;;;. The lowest BCUT2D eigenvalue weighted by Crippen LogP contribution is -2.24. The van der Waals surface area contributed by atoms with E-state index in [2.05, 4.69) is 76.2 Å². The molecule has 0 saturated carbocycles. The summed E-state index contributed by atoms with van der Waals surface area (Å²) in [7, 11) is 0. The normalized spacial score (nSPS) is 12.7. The average Bonchev–Trinajstić information content (AvgIpc) is 2.30. The van der Waals surface area contributed by atoms with Gasteiger partial charge in [0.05, 0.1) is 0 Å². The quantitative estimate of drug-likeness (QED) is 0.700. The van der Waals surface area contributed by atoms with Gasteiger partial charge < -0.3 is 5.11 Å². The molecule has 0 heterocycles. The van der Waals surface area contributed by atoms with Crippen molar-refractivity contribution in [3.05, 3.63) is 27.8 Å². The number of aromatic hydroxyl groups is 1. The van der Waals surface area contributed by atoms with Crippen molar-refractivity contribution in [2.24, 2.45) is 11.8 Å². The van der Waals surface area contributed by atoms with Gasteiger partial charge in [0, 0.05) is 11.1 Å². The fourth-order valence-electron chi connectivity index (χ4n) is 3.91. The van der Waals surface area contributed by atoms with E-state index in [1.165, 1.54) is 16.7 Å². The molecule has 0 amide bonds. The minimum Gasteiger partial charge on any atom is -0.507 e. The molecule has 0 aliphatic rings. The van der Waals surface area contributed by atoms with Crippen LogP contribution in [0.1, 0.15) is 97.1 Å². The van der Waals surface area contributed by atoms with Crippen LogP contribution in [0.5, 0.6) is 5.75 Å². The van der Waals surface area contributed by atoms with Gasteiger partial charge in [-0.3, -0.25) is 0 Å². The molecular weight excluding hydrogens is 319 g/mol. The monoisotopic (exact) mass is 362 g/mol. The molecule has 0 unspecified atom stereocenters. The molecule has 144 valence electrons. The highest BCUT2D eigenvalue weighted by Crippen LogP contribution is 2.46. The number of phenolic OH excluding ortho intramolecular Hbond substituents is 1. The number of phenols is 1. The summed E-state index contributed by atoms with van der Waals surface area (Å²) < 4.78 is 0. The van der Waals surface area contributed by atoms with E-state index in [1.807, 2.05) is 0 Å². The van der Waals surface area contributed by atoms with Crippen LogP contribution in [0, 0.1) is 18.8 Å². The van der Waals surface area contributed by atoms with Gasteiger partial charge in [0.15, 0.2) is 17.4 Å². The van der Waals surface area contributed by atoms with Crippen molar-refractivity contribution in [1.29, 1.82) is 0 Å². The minimum absolute atomic E-state index is 0. The lowest BCUT2D eigenvalue weighted by molar-refractivity contribution is 0.415. The van der Waals surface area contributed by atoms with Crippen LogP contribution < -0.4 is 0 Å². The van der Waals surface area contributed by atoms with Gasteiger partial charge in [0.25, 0.3) is 0 Å². The summed E-state index contributed by atoms with van der Waals surface area (Å²) in [6.07, 6.45) is 2.06. The number of rotatable bonds is 4. The van der Waals surface area contributed by atoms with E-state index in [1.54, 1.807) is 0 Å². The maximum absolute atomic E-state index is 11.4. The molecule has 0 saturated heterocycles. The zero-order valence-corrected chi connectivity index (χ0v) is 18.0. The van der Waals surface area contributed by atoms with Crippen LogP contribution in [-0.4, -0.2) is 22.5 Å². The Morgan fingerprint density at radius 3 is 1.20 bits per heavy atom. The maximum atomic E-state index is 11.4. The van der Waals surface area contributed by atoms with Crippen molar-refractivity contribution < 1.29 is 5.11 Å². The molecule has 25 heavy (non-hydrogen) atoms. The van der Waals surface area contributed by atoms with Crippen LogP contribution in [-0.2, 0) is 23.7 Å². The summed E-state index contributed by atoms with van der Waals surface area (Å²) in [6.45, 7) is 24.7. The largest absolute Gasteiger partial charge is 0.507 e. The van der Waals surface area contributed by atoms with Gasteiger partial charge >= 0.3 is 0 Å². The van der Waals surface area contributed by atoms with Gasteiger partial charge in [0.2, 0.25) is 0 Å². The summed E-state index contributed by atoms with van der Waals surface area (Å²) >= 11 is 0. The maximum Gasteiger partial charge on any atom is 0.187 e. The fourth-order valence-corrected chi connectivity index (χ4v) is 3.91. The molecule has 0 aliphatic heterocycles. The fraction of sp³-hybridized carbons (Fsp3) is 0.739. The molecule has 1 aromatic rings. The molecule has 2 heteroatoms. The Kier molecular flexibility index (Phi) is 8.34. The summed E-state index contributed by atoms with van der Waals surface area (Å²) in [5, 5.41) is 11.4. The lowest BCUT2D eigenvalue weighted by atomic mass is 9.71. The zero-order valence-electron chi connectivity index (χ0n) is 18.0. The Labute approximate surface area is 167 Å². The van der Waals surface area contributed by atoms with Crippen molar-refractivity contribution in [2.75, 3.05) is 0 Å². The predicted molar refractivity (Wildman–Crippen MR) is 117 cm³/mol. The van der Waals surface area contributed by atoms with Gasteiger partial charge in [-0.05, 0) is 59.1 Å². The first-order chi connectivity index (χ1) is 10.7. The average molecular weight is 363 g/mol. The van der Waals surface area contributed by atoms with Crippen molar-refractivity contribution in [3.63, 3.8) is 0 Å². The molecule has 1 nitrogen and oxygen atoms in total. The number of hydrogen-bond donors (Lipinski definition) is 1. The van der Waals surface area contributed by atoms with E-state index < -0.39 is 0 Å². The van der Waals surface area contributed by atoms with Crippen molar-refractivity contribution >= 4 is 17.4 Å². The third kappa shape index (κ3) is 5.77. The van der Waals surface area contributed by atoms with Gasteiger partial charge in [0.1, 0.15) is 5.75 Å². The van der Waals surface area contributed by atoms with Crippen molar-refractivity contribution in [2.45, 2.75) is 99.8 Å². The highest BCUT2D eigenvalue weighted by atomic mass is 27.0. The second kappa shape index (κ2) is 8.49. The van der Waals surface area contributed by atoms with Crippen LogP contribution in [0.4, 0.5) is 0 Å². The Balaban J connectivity index is 0.00000576. The zero-order chi connectivity index (χ0) is 19.0. The van der Waals surface area contributed by atoms with E-state index in [9.17, 15) is 5.11 Å². The third-order valence-electron chi connectivity index (χ3n) is 4.71. The van der Waals surface area contributed by atoms with Crippen LogP contribution in [0.3, 0.4) is 0 Å². The van der Waals surface area contributed by atoms with E-state index >= 15 is 0 Å². The van der Waals surface area contributed by atoms with Gasteiger partial charge in [-0.2, -0.15) is 0 Å². The van der Waals surface area contributed by atoms with E-state index in [0.29, 0.717) is 17.6 Å². The van der Waals surface area contributed by atoms with E-state index in [-0.39, 0.29) is 28.2 Å². The topological polar surface area (TPSA) is 20.2 Å². The minimum atomic E-state index is -0.0601. The molecule has 0 atom stereocenters. The Morgan fingerprint density at radius 1 is 0.720 bits per heavy atom. The van der Waals surface area contributed by atoms with Crippen LogP contribution in [0.15, 0.2) is 0 Å². The summed E-state index contributed by atoms with van der Waals surface area (Å²) in [5.41, 5.74) is 6.35. The van der Waals surface area contributed by atoms with Gasteiger partial charge in [-0.1, -0.05) is 69.2 Å². The van der Waals surface area contributed by atoms with E-state index in [4.69, 9.17) is 0 Å². The molecule has 0 aromatic heterocycles. The first-order valence-corrected chi connectivity index (χ1v) is 9.56. The highest BCUT2D eigenvalue weighted by molar-refractivity contribution is 5.75. The summed E-state index contributed by atoms with van der Waals surface area (Å²) in [5.74, 6) is 1.71. The van der Waals surface area contributed by atoms with Gasteiger partial charge in [-0.25, -0.2) is 0 Å². The van der Waals surface area contributed by atoms with Crippen LogP contribution in [0.25, 0.3) is 0 Å². The summed E-state index contributed by atoms with van der Waals surface area (Å²) in [4.78, 5) is 0. The number of benzene rings is 1. The summed E-state index contributed by atoms with van der Waals surface area (Å²) in [6, 6.07) is 0. The van der Waals surface area contributed by atoms with Crippen molar-refractivity contribution in [1.82, 2.24) is 0 Å².